The third kappa shape index (κ3) is 0.882. The van der Waals surface area contributed by atoms with Gasteiger partial charge < -0.3 is 10.6 Å². The van der Waals surface area contributed by atoms with Gasteiger partial charge in [-0.3, -0.25) is 0 Å². The molecule has 1 rings (SSSR count). The summed E-state index contributed by atoms with van der Waals surface area (Å²) >= 11 is 0. The molecule has 0 saturated heterocycles. The highest BCUT2D eigenvalue weighted by Crippen LogP contribution is 1.99. The van der Waals surface area contributed by atoms with E-state index in [1.54, 1.807) is 0 Å². The minimum absolute atomic E-state index is 0.880. The first-order chi connectivity index (χ1) is 3.80. The van der Waals surface area contributed by atoms with Crippen molar-refractivity contribution in [3.8, 4) is 0 Å². The van der Waals surface area contributed by atoms with Crippen LogP contribution in [-0.2, 0) is 0 Å². The second-order valence-corrected chi connectivity index (χ2v) is 1.48. The zero-order valence-electron chi connectivity index (χ0n) is 4.07. The van der Waals surface area contributed by atoms with Crippen LogP contribution in [0.5, 0.6) is 0 Å². The normalized spacial score (nSPS) is 18.9. The second-order valence-electron chi connectivity index (χ2n) is 1.48. The lowest BCUT2D eigenvalue weighted by Crippen LogP contribution is -2.37. The van der Waals surface area contributed by atoms with Crippen LogP contribution in [-0.4, -0.2) is 12.6 Å². The number of rotatable bonds is 1. The summed E-state index contributed by atoms with van der Waals surface area (Å²) in [4.78, 5) is 0. The molecule has 0 aromatic heterocycles. The zero-order chi connectivity index (χ0) is 5.98. The van der Waals surface area contributed by atoms with Gasteiger partial charge in [0, 0.05) is 12.4 Å². The minimum Gasteiger partial charge on any atom is -0.366 e. The molecule has 0 atom stereocenters. The van der Waals surface area contributed by atoms with E-state index in [-0.39, 0.29) is 0 Å². The Morgan fingerprint density at radius 1 is 1.25 bits per heavy atom. The third-order valence-electron chi connectivity index (χ3n) is 0.887. The summed E-state index contributed by atoms with van der Waals surface area (Å²) in [5.41, 5.74) is 0. The van der Waals surface area contributed by atoms with Crippen molar-refractivity contribution in [2.45, 2.75) is 12.6 Å². The summed E-state index contributed by atoms with van der Waals surface area (Å²) in [6.07, 6.45) is -0.312. The van der Waals surface area contributed by atoms with Gasteiger partial charge in [-0.25, -0.2) is 8.78 Å². The highest BCUT2D eigenvalue weighted by Gasteiger charge is 2.18. The van der Waals surface area contributed by atoms with Gasteiger partial charge in [-0.15, -0.1) is 0 Å². The summed E-state index contributed by atoms with van der Waals surface area (Å²) in [5, 5.41) is 4.83. The molecule has 0 aromatic carbocycles. The van der Waals surface area contributed by atoms with Crippen molar-refractivity contribution >= 4 is 0 Å². The number of hydrogen-bond acceptors (Lipinski definition) is 2. The van der Waals surface area contributed by atoms with E-state index in [0.29, 0.717) is 0 Å². The van der Waals surface area contributed by atoms with Gasteiger partial charge in [0.25, 0.3) is 6.43 Å². The van der Waals surface area contributed by atoms with Crippen LogP contribution in [0.2, 0.25) is 0 Å². The van der Waals surface area contributed by atoms with Gasteiger partial charge in [0.1, 0.15) is 0 Å². The minimum atomic E-state index is -2.34. The summed E-state index contributed by atoms with van der Waals surface area (Å²) in [6.45, 7) is 0. The van der Waals surface area contributed by atoms with Gasteiger partial charge in [-0.05, 0) is 0 Å². The molecule has 0 aromatic rings. The lowest BCUT2D eigenvalue weighted by molar-refractivity contribution is 0.100. The third-order valence-corrected chi connectivity index (χ3v) is 0.887. The monoisotopic (exact) mass is 120 g/mol. The second kappa shape index (κ2) is 1.98. The molecule has 1 aliphatic heterocycles. The Balaban J connectivity index is 2.29. The van der Waals surface area contributed by atoms with Crippen LogP contribution in [0.3, 0.4) is 0 Å². The number of hydrogen-bond donors (Lipinski definition) is 2. The fraction of sp³-hybridized carbons (Fsp3) is 0.500. The molecule has 1 aliphatic rings. The molecular formula is C4H6F2N2. The Morgan fingerprint density at radius 2 is 1.75 bits per heavy atom. The van der Waals surface area contributed by atoms with Crippen molar-refractivity contribution in [3.05, 3.63) is 12.4 Å². The molecule has 2 nitrogen and oxygen atoms in total. The molecule has 1 heterocycles. The molecular weight excluding hydrogens is 114 g/mol. The maximum atomic E-state index is 11.6. The van der Waals surface area contributed by atoms with E-state index in [0.717, 1.165) is 0 Å². The molecule has 0 aliphatic carbocycles. The number of halogens is 2. The van der Waals surface area contributed by atoms with Crippen LogP contribution in [0.25, 0.3) is 0 Å². The Kier molecular flexibility index (Phi) is 1.32. The number of alkyl halides is 2. The predicted octanol–water partition coefficient (Wildman–Crippen LogP) is 0.242. The average Bonchev–Trinajstić information content (AvgIpc) is 2.12. The molecule has 0 unspecified atom stereocenters. The molecule has 0 amide bonds. The highest BCUT2D eigenvalue weighted by molar-refractivity contribution is 4.91. The van der Waals surface area contributed by atoms with E-state index in [9.17, 15) is 8.78 Å². The van der Waals surface area contributed by atoms with Crippen LogP contribution in [0, 0.1) is 0 Å². The lowest BCUT2D eigenvalue weighted by Gasteiger charge is -2.08. The SMILES string of the molecule is FC(F)C1NC=CN1. The van der Waals surface area contributed by atoms with E-state index in [1.165, 1.54) is 12.4 Å². The smallest absolute Gasteiger partial charge is 0.276 e. The van der Waals surface area contributed by atoms with Crippen molar-refractivity contribution < 1.29 is 8.78 Å². The molecule has 8 heavy (non-hydrogen) atoms. The van der Waals surface area contributed by atoms with E-state index >= 15 is 0 Å². The first kappa shape index (κ1) is 5.34. The van der Waals surface area contributed by atoms with Gasteiger partial charge >= 0.3 is 0 Å². The van der Waals surface area contributed by atoms with Crippen molar-refractivity contribution in [1.29, 1.82) is 0 Å². The van der Waals surface area contributed by atoms with Crippen LogP contribution < -0.4 is 10.6 Å². The van der Waals surface area contributed by atoms with Gasteiger partial charge in [0.2, 0.25) is 0 Å². The Hall–Kier alpha value is -0.800. The molecule has 46 valence electrons. The van der Waals surface area contributed by atoms with Gasteiger partial charge in [0.15, 0.2) is 6.17 Å². The Bertz CT molecular complexity index is 94.2. The molecule has 0 bridgehead atoms. The summed E-state index contributed by atoms with van der Waals surface area (Å²) in [7, 11) is 0. The predicted molar refractivity (Wildman–Crippen MR) is 25.2 cm³/mol. The molecule has 0 fully saturated rings. The van der Waals surface area contributed by atoms with Crippen LogP contribution in [0.1, 0.15) is 0 Å². The largest absolute Gasteiger partial charge is 0.366 e. The maximum Gasteiger partial charge on any atom is 0.276 e. The summed E-state index contributed by atoms with van der Waals surface area (Å²) in [6, 6.07) is 0. The first-order valence-corrected chi connectivity index (χ1v) is 2.26. The summed E-state index contributed by atoms with van der Waals surface area (Å²) in [5.74, 6) is 0. The van der Waals surface area contributed by atoms with Gasteiger partial charge in [-0.1, -0.05) is 0 Å². The van der Waals surface area contributed by atoms with Gasteiger partial charge in [-0.2, -0.15) is 0 Å². The van der Waals surface area contributed by atoms with Crippen LogP contribution >= 0.6 is 0 Å². The van der Waals surface area contributed by atoms with Crippen molar-refractivity contribution in [2.24, 2.45) is 0 Å². The van der Waals surface area contributed by atoms with Crippen molar-refractivity contribution in [2.75, 3.05) is 0 Å². The first-order valence-electron chi connectivity index (χ1n) is 2.26. The molecule has 0 radical (unpaired) electrons. The lowest BCUT2D eigenvalue weighted by atomic mass is 10.5. The highest BCUT2D eigenvalue weighted by atomic mass is 19.3. The fourth-order valence-electron chi connectivity index (χ4n) is 0.497. The van der Waals surface area contributed by atoms with E-state index in [4.69, 9.17) is 0 Å². The molecule has 0 spiro atoms. The quantitative estimate of drug-likeness (QED) is 0.518. The van der Waals surface area contributed by atoms with E-state index in [2.05, 4.69) is 10.6 Å². The van der Waals surface area contributed by atoms with Crippen molar-refractivity contribution in [3.63, 3.8) is 0 Å². The molecule has 2 N–H and O–H groups in total. The van der Waals surface area contributed by atoms with Crippen LogP contribution in [0.15, 0.2) is 12.4 Å². The average molecular weight is 120 g/mol. The van der Waals surface area contributed by atoms with Crippen molar-refractivity contribution in [1.82, 2.24) is 10.6 Å². The van der Waals surface area contributed by atoms with E-state index < -0.39 is 12.6 Å². The summed E-state index contributed by atoms with van der Waals surface area (Å²) < 4.78 is 23.1. The fourth-order valence-corrected chi connectivity index (χ4v) is 0.497. The van der Waals surface area contributed by atoms with Gasteiger partial charge in [0.05, 0.1) is 0 Å². The van der Waals surface area contributed by atoms with E-state index in [1.807, 2.05) is 0 Å². The number of nitrogens with one attached hydrogen (secondary N) is 2. The Labute approximate surface area is 45.6 Å². The molecule has 0 saturated carbocycles. The molecule has 4 heteroatoms. The topological polar surface area (TPSA) is 24.1 Å². The standard InChI is InChI=1S/C4H6F2N2/c5-3(6)4-7-1-2-8-4/h1-4,7-8H. The van der Waals surface area contributed by atoms with Crippen LogP contribution in [0.4, 0.5) is 8.78 Å². The zero-order valence-corrected chi connectivity index (χ0v) is 4.07. The maximum absolute atomic E-state index is 11.6. The Morgan fingerprint density at radius 3 is 2.00 bits per heavy atom.